The fraction of sp³-hybridized carbons (Fsp3) is 0.750. The first-order chi connectivity index (χ1) is 9.65. The monoisotopic (exact) mass is 277 g/mol. The molecular weight excluding hydrogens is 250 g/mol. The second kappa shape index (κ2) is 6.53. The van der Waals surface area contributed by atoms with Gasteiger partial charge in [-0.2, -0.15) is 5.10 Å². The quantitative estimate of drug-likeness (QED) is 0.833. The normalized spacial score (nSPS) is 22.4. The largest absolute Gasteiger partial charge is 0.305 e. The highest BCUT2D eigenvalue weighted by Gasteiger charge is 2.39. The second-order valence-corrected chi connectivity index (χ2v) is 5.76. The smallest absolute Gasteiger partial charge is 0.158 e. The number of ketones is 1. The van der Waals surface area contributed by atoms with E-state index in [1.54, 1.807) is 0 Å². The number of hydrogen-bond acceptors (Lipinski definition) is 3. The second-order valence-electron chi connectivity index (χ2n) is 5.76. The molecule has 1 atom stereocenters. The summed E-state index contributed by atoms with van der Waals surface area (Å²) >= 11 is 0. The van der Waals surface area contributed by atoms with Crippen LogP contribution in [-0.4, -0.2) is 27.6 Å². The van der Waals surface area contributed by atoms with Crippen LogP contribution in [0.4, 0.5) is 0 Å². The molecule has 2 rings (SSSR count). The molecule has 0 amide bonds. The van der Waals surface area contributed by atoms with Gasteiger partial charge in [-0.1, -0.05) is 20.3 Å². The van der Waals surface area contributed by atoms with Crippen molar-refractivity contribution in [2.24, 2.45) is 0 Å². The van der Waals surface area contributed by atoms with E-state index in [4.69, 9.17) is 0 Å². The molecule has 0 spiro atoms. The molecule has 20 heavy (non-hydrogen) atoms. The lowest BCUT2D eigenvalue weighted by Crippen LogP contribution is -2.48. The van der Waals surface area contributed by atoms with E-state index in [2.05, 4.69) is 37.3 Å². The van der Waals surface area contributed by atoms with Crippen LogP contribution in [0.15, 0.2) is 6.07 Å². The maximum atomic E-state index is 12.8. The molecule has 4 nitrogen and oxygen atoms in total. The number of carbonyl (C=O) groups is 1. The van der Waals surface area contributed by atoms with Crippen molar-refractivity contribution in [3.8, 4) is 0 Å². The maximum Gasteiger partial charge on any atom is 0.158 e. The average Bonchev–Trinajstić information content (AvgIpc) is 3.06. The highest BCUT2D eigenvalue weighted by molar-refractivity contribution is 5.90. The zero-order chi connectivity index (χ0) is 14.6. The minimum Gasteiger partial charge on any atom is -0.305 e. The van der Waals surface area contributed by atoms with Gasteiger partial charge in [0.2, 0.25) is 0 Å². The summed E-state index contributed by atoms with van der Waals surface area (Å²) < 4.78 is 1.98. The van der Waals surface area contributed by atoms with Gasteiger partial charge >= 0.3 is 0 Å². The highest BCUT2D eigenvalue weighted by atomic mass is 16.1. The van der Waals surface area contributed by atoms with Crippen molar-refractivity contribution in [2.45, 2.75) is 71.4 Å². The minimum atomic E-state index is -0.274. The Morgan fingerprint density at radius 2 is 2.25 bits per heavy atom. The van der Waals surface area contributed by atoms with Crippen molar-refractivity contribution >= 4 is 5.78 Å². The molecule has 1 aromatic heterocycles. The van der Waals surface area contributed by atoms with Crippen molar-refractivity contribution < 1.29 is 4.79 Å². The maximum absolute atomic E-state index is 12.8. The zero-order valence-electron chi connectivity index (χ0n) is 13.0. The third-order valence-electron chi connectivity index (χ3n) is 4.37. The van der Waals surface area contributed by atoms with Crippen LogP contribution in [-0.2, 0) is 24.2 Å². The lowest BCUT2D eigenvalue weighted by atomic mass is 9.85. The van der Waals surface area contributed by atoms with Gasteiger partial charge in [0, 0.05) is 12.2 Å². The molecular formula is C16H27N3O. The lowest BCUT2D eigenvalue weighted by molar-refractivity contribution is -0.124. The number of Topliss-reactive ketones (excluding diaryl/α,β-unsaturated/α-hetero) is 1. The molecule has 1 aliphatic heterocycles. The summed E-state index contributed by atoms with van der Waals surface area (Å²) in [6, 6.07) is 2.09. The van der Waals surface area contributed by atoms with Crippen molar-refractivity contribution in [3.63, 3.8) is 0 Å². The van der Waals surface area contributed by atoms with Crippen LogP contribution in [0.1, 0.15) is 57.8 Å². The van der Waals surface area contributed by atoms with Crippen LogP contribution in [0, 0.1) is 0 Å². The third-order valence-corrected chi connectivity index (χ3v) is 4.37. The Balaban J connectivity index is 2.15. The summed E-state index contributed by atoms with van der Waals surface area (Å²) in [4.78, 5) is 12.8. The molecule has 0 saturated carbocycles. The predicted molar refractivity (Wildman–Crippen MR) is 80.9 cm³/mol. The zero-order valence-corrected chi connectivity index (χ0v) is 13.0. The van der Waals surface area contributed by atoms with E-state index < -0.39 is 0 Å². The van der Waals surface area contributed by atoms with Gasteiger partial charge in [-0.25, -0.2) is 0 Å². The Hall–Kier alpha value is -1.16. The van der Waals surface area contributed by atoms with Crippen LogP contribution in [0.25, 0.3) is 0 Å². The Morgan fingerprint density at radius 1 is 1.45 bits per heavy atom. The molecule has 1 aliphatic rings. The SMILES string of the molecule is CCCC1(C(=O)Cc2cc(CC)nn2CC)CCCN1. The number of aryl methyl sites for hydroxylation is 2. The van der Waals surface area contributed by atoms with Gasteiger partial charge in [0.25, 0.3) is 0 Å². The van der Waals surface area contributed by atoms with E-state index in [9.17, 15) is 4.79 Å². The van der Waals surface area contributed by atoms with Crippen LogP contribution in [0.2, 0.25) is 0 Å². The first-order valence-electron chi connectivity index (χ1n) is 7.99. The summed E-state index contributed by atoms with van der Waals surface area (Å²) in [5.74, 6) is 0.342. The van der Waals surface area contributed by atoms with E-state index in [1.807, 2.05) is 4.68 Å². The molecule has 1 unspecified atom stereocenters. The minimum absolute atomic E-state index is 0.274. The number of carbonyl (C=O) groups excluding carboxylic acids is 1. The molecule has 112 valence electrons. The topological polar surface area (TPSA) is 46.9 Å². The van der Waals surface area contributed by atoms with E-state index in [0.717, 1.165) is 56.6 Å². The fourth-order valence-corrected chi connectivity index (χ4v) is 3.26. The Bertz CT molecular complexity index is 458. The number of aromatic nitrogens is 2. The first-order valence-corrected chi connectivity index (χ1v) is 7.99. The highest BCUT2D eigenvalue weighted by Crippen LogP contribution is 2.27. The van der Waals surface area contributed by atoms with Crippen LogP contribution in [0.5, 0.6) is 0 Å². The van der Waals surface area contributed by atoms with Crippen molar-refractivity contribution in [1.29, 1.82) is 0 Å². The van der Waals surface area contributed by atoms with Gasteiger partial charge < -0.3 is 5.32 Å². The van der Waals surface area contributed by atoms with Gasteiger partial charge in [0.1, 0.15) is 0 Å². The summed E-state index contributed by atoms with van der Waals surface area (Å²) in [6.45, 7) is 8.14. The van der Waals surface area contributed by atoms with Crippen molar-refractivity contribution in [1.82, 2.24) is 15.1 Å². The average molecular weight is 277 g/mol. The molecule has 1 N–H and O–H groups in total. The number of rotatable bonds is 7. The molecule has 4 heteroatoms. The summed E-state index contributed by atoms with van der Waals surface area (Å²) in [6.07, 6.45) is 5.53. The van der Waals surface area contributed by atoms with Gasteiger partial charge in [-0.3, -0.25) is 9.48 Å². The molecule has 1 saturated heterocycles. The van der Waals surface area contributed by atoms with Gasteiger partial charge in [-0.05, 0) is 45.2 Å². The van der Waals surface area contributed by atoms with Crippen molar-refractivity contribution in [3.05, 3.63) is 17.5 Å². The van der Waals surface area contributed by atoms with Gasteiger partial charge in [0.05, 0.1) is 17.7 Å². The summed E-state index contributed by atoms with van der Waals surface area (Å²) in [5.41, 5.74) is 1.88. The Kier molecular flexibility index (Phi) is 4.97. The molecule has 0 aliphatic carbocycles. The van der Waals surface area contributed by atoms with Crippen LogP contribution < -0.4 is 5.32 Å². The number of nitrogens with one attached hydrogen (secondary N) is 1. The van der Waals surface area contributed by atoms with E-state index in [1.165, 1.54) is 0 Å². The fourth-order valence-electron chi connectivity index (χ4n) is 3.26. The predicted octanol–water partition coefficient (Wildman–Crippen LogP) is 2.50. The Labute approximate surface area is 121 Å². The molecule has 0 bridgehead atoms. The van der Waals surface area contributed by atoms with Crippen LogP contribution in [0.3, 0.4) is 0 Å². The molecule has 1 aromatic rings. The summed E-state index contributed by atoms with van der Waals surface area (Å²) in [5, 5.41) is 8.01. The van der Waals surface area contributed by atoms with E-state index >= 15 is 0 Å². The third kappa shape index (κ3) is 2.95. The first kappa shape index (κ1) is 15.2. The molecule has 1 fully saturated rings. The number of hydrogen-bond donors (Lipinski definition) is 1. The van der Waals surface area contributed by atoms with Crippen LogP contribution >= 0.6 is 0 Å². The summed E-state index contributed by atoms with van der Waals surface area (Å²) in [7, 11) is 0. The standard InChI is InChI=1S/C16H27N3O/c1-4-8-16(9-7-10-17-16)15(20)12-14-11-13(5-2)18-19(14)6-3/h11,17H,4-10,12H2,1-3H3. The van der Waals surface area contributed by atoms with Gasteiger partial charge in [-0.15, -0.1) is 0 Å². The lowest BCUT2D eigenvalue weighted by Gasteiger charge is -2.27. The Morgan fingerprint density at radius 3 is 2.80 bits per heavy atom. The van der Waals surface area contributed by atoms with Gasteiger partial charge in [0.15, 0.2) is 5.78 Å². The molecule has 2 heterocycles. The molecule has 0 aromatic carbocycles. The van der Waals surface area contributed by atoms with Crippen molar-refractivity contribution in [2.75, 3.05) is 6.54 Å². The molecule has 0 radical (unpaired) electrons. The van der Waals surface area contributed by atoms with E-state index in [-0.39, 0.29) is 5.54 Å². The number of nitrogens with zero attached hydrogens (tertiary/aromatic N) is 2. The van der Waals surface area contributed by atoms with E-state index in [0.29, 0.717) is 12.2 Å².